The van der Waals surface area contributed by atoms with E-state index in [1.54, 1.807) is 18.8 Å². The summed E-state index contributed by atoms with van der Waals surface area (Å²) in [5, 5.41) is 0. The predicted octanol–water partition coefficient (Wildman–Crippen LogP) is 1.21. The second-order valence-electron chi connectivity index (χ2n) is 6.32. The first-order valence-corrected chi connectivity index (χ1v) is 8.35. The average Bonchev–Trinajstić information content (AvgIpc) is 2.96. The lowest BCUT2D eigenvalue weighted by atomic mass is 9.99. The molecule has 1 atom stereocenters. The summed E-state index contributed by atoms with van der Waals surface area (Å²) in [6.07, 6.45) is 0.940. The number of nitrogens with zero attached hydrogens (tertiary/aromatic N) is 1. The number of nitrogens with one attached hydrogen (secondary N) is 1. The summed E-state index contributed by atoms with van der Waals surface area (Å²) in [6, 6.07) is 11.6. The SMILES string of the molecule is COc1cc2c(cc1OC)C[NH+](Cn1c(=O)oc3ccccc31)CC2. The summed E-state index contributed by atoms with van der Waals surface area (Å²) in [4.78, 5) is 13.5. The van der Waals surface area contributed by atoms with Gasteiger partial charge in [0.2, 0.25) is 0 Å². The van der Waals surface area contributed by atoms with Gasteiger partial charge in [-0.25, -0.2) is 9.36 Å². The highest BCUT2D eigenvalue weighted by molar-refractivity contribution is 5.72. The third kappa shape index (κ3) is 2.78. The molecule has 3 aromatic rings. The van der Waals surface area contributed by atoms with Gasteiger partial charge in [-0.1, -0.05) is 12.1 Å². The molecule has 0 saturated carbocycles. The number of methoxy groups -OCH3 is 2. The molecule has 1 aliphatic rings. The van der Waals surface area contributed by atoms with Gasteiger partial charge in [0.05, 0.1) is 26.3 Å². The highest BCUT2D eigenvalue weighted by atomic mass is 16.5. The summed E-state index contributed by atoms with van der Waals surface area (Å²) in [6.45, 7) is 2.37. The smallest absolute Gasteiger partial charge is 0.424 e. The Morgan fingerprint density at radius 3 is 2.60 bits per heavy atom. The van der Waals surface area contributed by atoms with Crippen molar-refractivity contribution in [3.8, 4) is 11.5 Å². The summed E-state index contributed by atoms with van der Waals surface area (Å²) in [7, 11) is 3.30. The van der Waals surface area contributed by atoms with Crippen LogP contribution in [0.4, 0.5) is 0 Å². The number of ether oxygens (including phenoxy) is 2. The van der Waals surface area contributed by atoms with E-state index in [9.17, 15) is 4.79 Å². The molecule has 6 heteroatoms. The van der Waals surface area contributed by atoms with Crippen LogP contribution >= 0.6 is 0 Å². The molecule has 2 heterocycles. The molecular weight excluding hydrogens is 320 g/mol. The first kappa shape index (κ1) is 15.8. The molecule has 0 radical (unpaired) electrons. The summed E-state index contributed by atoms with van der Waals surface area (Å²) >= 11 is 0. The Kier molecular flexibility index (Phi) is 3.97. The minimum Gasteiger partial charge on any atom is -0.493 e. The van der Waals surface area contributed by atoms with Gasteiger partial charge < -0.3 is 18.8 Å². The molecule has 25 heavy (non-hydrogen) atoms. The van der Waals surface area contributed by atoms with Crippen LogP contribution in [0, 0.1) is 0 Å². The van der Waals surface area contributed by atoms with Crippen LogP contribution < -0.4 is 20.1 Å². The van der Waals surface area contributed by atoms with E-state index in [1.165, 1.54) is 16.0 Å². The average molecular weight is 341 g/mol. The Balaban J connectivity index is 1.62. The van der Waals surface area contributed by atoms with Gasteiger partial charge in [0, 0.05) is 12.0 Å². The van der Waals surface area contributed by atoms with Crippen molar-refractivity contribution in [1.29, 1.82) is 0 Å². The first-order chi connectivity index (χ1) is 12.2. The van der Waals surface area contributed by atoms with Crippen LogP contribution in [-0.4, -0.2) is 25.3 Å². The Hall–Kier alpha value is -2.73. The Morgan fingerprint density at radius 2 is 1.84 bits per heavy atom. The number of hydrogen-bond acceptors (Lipinski definition) is 4. The molecule has 6 nitrogen and oxygen atoms in total. The van der Waals surface area contributed by atoms with Crippen LogP contribution in [0.25, 0.3) is 11.1 Å². The standard InChI is InChI=1S/C19H20N2O4/c1-23-17-9-13-7-8-20(11-14(13)10-18(17)24-2)12-21-15-5-3-4-6-16(15)25-19(21)22/h3-6,9-10H,7-8,11-12H2,1-2H3/p+1. The fourth-order valence-electron chi connectivity index (χ4n) is 3.55. The summed E-state index contributed by atoms with van der Waals surface area (Å²) in [5.74, 6) is 1.21. The molecular formula is C19H21N2O4+. The lowest BCUT2D eigenvalue weighted by molar-refractivity contribution is -0.938. The lowest BCUT2D eigenvalue weighted by Crippen LogP contribution is -3.11. The van der Waals surface area contributed by atoms with E-state index >= 15 is 0 Å². The molecule has 1 aliphatic heterocycles. The summed E-state index contributed by atoms with van der Waals surface area (Å²) < 4.78 is 17.9. The van der Waals surface area contributed by atoms with Gasteiger partial charge in [-0.15, -0.1) is 0 Å². The normalized spacial score (nSPS) is 16.6. The number of rotatable bonds is 4. The number of benzene rings is 2. The highest BCUT2D eigenvalue weighted by Gasteiger charge is 2.23. The van der Waals surface area contributed by atoms with Crippen LogP contribution in [0.1, 0.15) is 11.1 Å². The molecule has 0 spiro atoms. The molecule has 0 amide bonds. The topological polar surface area (TPSA) is 58.0 Å². The Morgan fingerprint density at radius 1 is 1.12 bits per heavy atom. The van der Waals surface area contributed by atoms with Crippen LogP contribution in [0.2, 0.25) is 0 Å². The van der Waals surface area contributed by atoms with Gasteiger partial charge in [-0.2, -0.15) is 0 Å². The molecule has 130 valence electrons. The minimum atomic E-state index is -0.299. The molecule has 1 unspecified atom stereocenters. The van der Waals surface area contributed by atoms with E-state index < -0.39 is 0 Å². The molecule has 0 bridgehead atoms. The monoisotopic (exact) mass is 341 g/mol. The van der Waals surface area contributed by atoms with Crippen LogP contribution in [0.3, 0.4) is 0 Å². The number of fused-ring (bicyclic) bond motifs is 2. The van der Waals surface area contributed by atoms with Gasteiger partial charge in [0.25, 0.3) is 0 Å². The zero-order chi connectivity index (χ0) is 17.4. The second kappa shape index (κ2) is 6.29. The zero-order valence-electron chi connectivity index (χ0n) is 14.4. The molecule has 0 fully saturated rings. The van der Waals surface area contributed by atoms with Gasteiger partial charge in [0.1, 0.15) is 6.54 Å². The number of para-hydroxylation sites is 2. The Bertz CT molecular complexity index is 973. The zero-order valence-corrected chi connectivity index (χ0v) is 14.4. The predicted molar refractivity (Wildman–Crippen MR) is 93.3 cm³/mol. The molecule has 0 saturated heterocycles. The van der Waals surface area contributed by atoms with Crippen molar-refractivity contribution in [2.24, 2.45) is 0 Å². The lowest BCUT2D eigenvalue weighted by Gasteiger charge is -2.26. The third-order valence-electron chi connectivity index (χ3n) is 4.85. The van der Waals surface area contributed by atoms with E-state index in [4.69, 9.17) is 13.9 Å². The van der Waals surface area contributed by atoms with Crippen molar-refractivity contribution in [2.75, 3.05) is 20.8 Å². The van der Waals surface area contributed by atoms with Gasteiger partial charge in [0.15, 0.2) is 23.8 Å². The quantitative estimate of drug-likeness (QED) is 0.775. The third-order valence-corrected chi connectivity index (χ3v) is 4.85. The highest BCUT2D eigenvalue weighted by Crippen LogP contribution is 2.31. The van der Waals surface area contributed by atoms with E-state index in [0.717, 1.165) is 36.5 Å². The van der Waals surface area contributed by atoms with Crippen molar-refractivity contribution in [1.82, 2.24) is 4.57 Å². The van der Waals surface area contributed by atoms with E-state index in [0.29, 0.717) is 12.3 Å². The Labute approximate surface area is 145 Å². The van der Waals surface area contributed by atoms with Crippen molar-refractivity contribution in [3.05, 3.63) is 58.1 Å². The molecule has 1 N–H and O–H groups in total. The first-order valence-electron chi connectivity index (χ1n) is 8.35. The van der Waals surface area contributed by atoms with E-state index in [-0.39, 0.29) is 5.76 Å². The molecule has 2 aromatic carbocycles. The van der Waals surface area contributed by atoms with Crippen molar-refractivity contribution >= 4 is 11.1 Å². The fraction of sp³-hybridized carbons (Fsp3) is 0.316. The van der Waals surface area contributed by atoms with Crippen molar-refractivity contribution < 1.29 is 18.8 Å². The van der Waals surface area contributed by atoms with E-state index in [1.807, 2.05) is 30.3 Å². The molecule has 0 aliphatic carbocycles. The van der Waals surface area contributed by atoms with Crippen molar-refractivity contribution in [2.45, 2.75) is 19.6 Å². The maximum absolute atomic E-state index is 12.2. The van der Waals surface area contributed by atoms with Gasteiger partial charge >= 0.3 is 5.76 Å². The van der Waals surface area contributed by atoms with Crippen LogP contribution in [-0.2, 0) is 19.6 Å². The number of quaternary nitrogens is 1. The largest absolute Gasteiger partial charge is 0.493 e. The second-order valence-corrected chi connectivity index (χ2v) is 6.32. The molecule has 1 aromatic heterocycles. The molecule has 4 rings (SSSR count). The summed E-state index contributed by atoms with van der Waals surface area (Å²) in [5.41, 5.74) is 4.00. The maximum atomic E-state index is 12.2. The van der Waals surface area contributed by atoms with Crippen molar-refractivity contribution in [3.63, 3.8) is 0 Å². The van der Waals surface area contributed by atoms with Gasteiger partial charge in [-0.05, 0) is 29.8 Å². The van der Waals surface area contributed by atoms with Gasteiger partial charge in [-0.3, -0.25) is 0 Å². The number of hydrogen-bond donors (Lipinski definition) is 1. The van der Waals surface area contributed by atoms with E-state index in [2.05, 4.69) is 6.07 Å². The van der Waals surface area contributed by atoms with Crippen LogP contribution in [0.5, 0.6) is 11.5 Å². The van der Waals surface area contributed by atoms with Crippen LogP contribution in [0.15, 0.2) is 45.6 Å². The maximum Gasteiger partial charge on any atom is 0.424 e. The number of aromatic nitrogens is 1. The fourth-order valence-corrected chi connectivity index (χ4v) is 3.55. The number of oxazole rings is 1. The minimum absolute atomic E-state index is 0.299.